The van der Waals surface area contributed by atoms with E-state index in [1.54, 1.807) is 0 Å². The fraction of sp³-hybridized carbons (Fsp3) is 0.833. The highest BCUT2D eigenvalue weighted by Crippen LogP contribution is 2.31. The summed E-state index contributed by atoms with van der Waals surface area (Å²) in [4.78, 5) is 16.8. The van der Waals surface area contributed by atoms with Gasteiger partial charge in [0.1, 0.15) is 0 Å². The van der Waals surface area contributed by atoms with Crippen LogP contribution in [0.4, 0.5) is 0 Å². The summed E-state index contributed by atoms with van der Waals surface area (Å²) in [7, 11) is 0. The van der Waals surface area contributed by atoms with Crippen LogP contribution in [0.15, 0.2) is 0 Å². The van der Waals surface area contributed by atoms with E-state index in [-0.39, 0.29) is 0 Å². The SMILES string of the molecule is CC(CC(N)=S)N1CCN(C(=O)C2CC2)CC1. The van der Waals surface area contributed by atoms with Crippen LogP contribution >= 0.6 is 12.2 Å². The lowest BCUT2D eigenvalue weighted by Crippen LogP contribution is -2.52. The van der Waals surface area contributed by atoms with Gasteiger partial charge in [-0.3, -0.25) is 9.69 Å². The van der Waals surface area contributed by atoms with Gasteiger partial charge in [-0.25, -0.2) is 0 Å². The first-order valence-corrected chi connectivity index (χ1v) is 6.80. The molecule has 1 aliphatic carbocycles. The molecule has 1 saturated heterocycles. The fourth-order valence-electron chi connectivity index (χ4n) is 2.39. The number of carbonyl (C=O) groups is 1. The van der Waals surface area contributed by atoms with Gasteiger partial charge in [-0.1, -0.05) is 12.2 Å². The van der Waals surface area contributed by atoms with Crippen LogP contribution in [-0.2, 0) is 4.79 Å². The predicted molar refractivity (Wildman–Crippen MR) is 71.7 cm³/mol. The zero-order valence-electron chi connectivity index (χ0n) is 10.4. The van der Waals surface area contributed by atoms with Gasteiger partial charge in [0.05, 0.1) is 4.99 Å². The minimum absolute atomic E-state index is 0.343. The lowest BCUT2D eigenvalue weighted by atomic mass is 10.1. The first kappa shape index (κ1) is 12.8. The van der Waals surface area contributed by atoms with Gasteiger partial charge in [0, 0.05) is 44.6 Å². The van der Waals surface area contributed by atoms with Crippen molar-refractivity contribution in [2.24, 2.45) is 11.7 Å². The zero-order valence-corrected chi connectivity index (χ0v) is 11.2. The van der Waals surface area contributed by atoms with Crippen LogP contribution in [0.2, 0.25) is 0 Å². The molecule has 0 bridgehead atoms. The molecule has 1 unspecified atom stereocenters. The van der Waals surface area contributed by atoms with Crippen molar-refractivity contribution >= 4 is 23.1 Å². The van der Waals surface area contributed by atoms with Crippen molar-refractivity contribution in [3.8, 4) is 0 Å². The quantitative estimate of drug-likeness (QED) is 0.748. The molecule has 0 aromatic heterocycles. The molecule has 1 atom stereocenters. The molecule has 1 amide bonds. The number of amides is 1. The highest BCUT2D eigenvalue weighted by Gasteiger charge is 2.34. The topological polar surface area (TPSA) is 49.6 Å². The van der Waals surface area contributed by atoms with E-state index >= 15 is 0 Å². The summed E-state index contributed by atoms with van der Waals surface area (Å²) in [5.74, 6) is 0.710. The van der Waals surface area contributed by atoms with Crippen LogP contribution in [-0.4, -0.2) is 52.9 Å². The lowest BCUT2D eigenvalue weighted by Gasteiger charge is -2.38. The second-order valence-corrected chi connectivity index (χ2v) is 5.68. The third-order valence-electron chi connectivity index (χ3n) is 3.67. The van der Waals surface area contributed by atoms with Crippen molar-refractivity contribution in [2.45, 2.75) is 32.2 Å². The zero-order chi connectivity index (χ0) is 12.4. The van der Waals surface area contributed by atoms with Crippen LogP contribution in [0.25, 0.3) is 0 Å². The molecule has 0 aromatic rings. The lowest BCUT2D eigenvalue weighted by molar-refractivity contribution is -0.134. The molecule has 1 aliphatic heterocycles. The monoisotopic (exact) mass is 255 g/mol. The van der Waals surface area contributed by atoms with Gasteiger partial charge in [0.25, 0.3) is 0 Å². The van der Waals surface area contributed by atoms with E-state index in [0.717, 1.165) is 45.4 Å². The van der Waals surface area contributed by atoms with Crippen LogP contribution in [0.5, 0.6) is 0 Å². The third kappa shape index (κ3) is 3.39. The minimum Gasteiger partial charge on any atom is -0.393 e. The summed E-state index contributed by atoms with van der Waals surface area (Å²) in [5.41, 5.74) is 5.56. The number of hydrogen-bond donors (Lipinski definition) is 1. The maximum atomic E-state index is 11.9. The number of rotatable bonds is 4. The Morgan fingerprint density at radius 1 is 1.35 bits per heavy atom. The number of carbonyl (C=O) groups excluding carboxylic acids is 1. The Morgan fingerprint density at radius 2 is 1.94 bits per heavy atom. The van der Waals surface area contributed by atoms with Gasteiger partial charge in [-0.2, -0.15) is 0 Å². The summed E-state index contributed by atoms with van der Waals surface area (Å²) in [5, 5.41) is 0. The number of thiocarbonyl (C=S) groups is 1. The molecule has 1 heterocycles. The molecule has 4 nitrogen and oxygen atoms in total. The van der Waals surface area contributed by atoms with Gasteiger partial charge in [0.15, 0.2) is 0 Å². The van der Waals surface area contributed by atoms with Crippen molar-refractivity contribution < 1.29 is 4.79 Å². The molecule has 5 heteroatoms. The average Bonchev–Trinajstić information content (AvgIpc) is 3.11. The highest BCUT2D eigenvalue weighted by atomic mass is 32.1. The molecular formula is C12H21N3OS. The van der Waals surface area contributed by atoms with Gasteiger partial charge in [0.2, 0.25) is 5.91 Å². The Kier molecular flexibility index (Phi) is 3.99. The Balaban J connectivity index is 1.77. The van der Waals surface area contributed by atoms with Crippen LogP contribution in [0.3, 0.4) is 0 Å². The smallest absolute Gasteiger partial charge is 0.225 e. The van der Waals surface area contributed by atoms with Crippen molar-refractivity contribution in [2.75, 3.05) is 26.2 Å². The van der Waals surface area contributed by atoms with Crippen LogP contribution in [0.1, 0.15) is 26.2 Å². The van der Waals surface area contributed by atoms with Crippen molar-refractivity contribution in [1.82, 2.24) is 9.80 Å². The van der Waals surface area contributed by atoms with Gasteiger partial charge in [-0.15, -0.1) is 0 Å². The molecule has 2 rings (SSSR count). The molecule has 2 N–H and O–H groups in total. The molecule has 2 aliphatic rings. The van der Waals surface area contributed by atoms with E-state index in [1.165, 1.54) is 0 Å². The van der Waals surface area contributed by atoms with Gasteiger partial charge >= 0.3 is 0 Å². The maximum absolute atomic E-state index is 11.9. The van der Waals surface area contributed by atoms with E-state index in [9.17, 15) is 4.79 Å². The summed E-state index contributed by atoms with van der Waals surface area (Å²) in [6.45, 7) is 5.76. The average molecular weight is 255 g/mol. The molecule has 0 aromatic carbocycles. The minimum atomic E-state index is 0.343. The second-order valence-electron chi connectivity index (χ2n) is 5.15. The Labute approximate surface area is 108 Å². The van der Waals surface area contributed by atoms with Crippen LogP contribution in [0, 0.1) is 5.92 Å². The Hall–Kier alpha value is -0.680. The molecule has 1 saturated carbocycles. The number of piperazine rings is 1. The third-order valence-corrected chi connectivity index (χ3v) is 3.84. The summed E-state index contributed by atoms with van der Waals surface area (Å²) in [6, 6.07) is 0.394. The molecule has 0 spiro atoms. The van der Waals surface area contributed by atoms with Crippen LogP contribution < -0.4 is 5.73 Å². The highest BCUT2D eigenvalue weighted by molar-refractivity contribution is 7.80. The normalized spacial score (nSPS) is 23.5. The van der Waals surface area contributed by atoms with Gasteiger partial charge < -0.3 is 10.6 Å². The van der Waals surface area contributed by atoms with E-state index in [4.69, 9.17) is 18.0 Å². The van der Waals surface area contributed by atoms with E-state index in [1.807, 2.05) is 4.90 Å². The van der Waals surface area contributed by atoms with Crippen molar-refractivity contribution in [3.63, 3.8) is 0 Å². The second kappa shape index (κ2) is 5.31. The molecule has 0 radical (unpaired) electrons. The summed E-state index contributed by atoms with van der Waals surface area (Å²) < 4.78 is 0. The number of hydrogen-bond acceptors (Lipinski definition) is 3. The maximum Gasteiger partial charge on any atom is 0.225 e. The van der Waals surface area contributed by atoms with Crippen molar-refractivity contribution in [3.05, 3.63) is 0 Å². The first-order chi connectivity index (χ1) is 8.08. The molecular weight excluding hydrogens is 234 g/mol. The summed E-state index contributed by atoms with van der Waals surface area (Å²) in [6.07, 6.45) is 2.96. The van der Waals surface area contributed by atoms with Gasteiger partial charge in [-0.05, 0) is 19.8 Å². The van der Waals surface area contributed by atoms with Crippen molar-refractivity contribution in [1.29, 1.82) is 0 Å². The standard InChI is InChI=1S/C12H21N3OS/c1-9(8-11(13)17)14-4-6-15(7-5-14)12(16)10-2-3-10/h9-10H,2-8H2,1H3,(H2,13,17). The largest absolute Gasteiger partial charge is 0.393 e. The first-order valence-electron chi connectivity index (χ1n) is 6.39. The van der Waals surface area contributed by atoms with E-state index in [0.29, 0.717) is 22.9 Å². The fourth-order valence-corrected chi connectivity index (χ4v) is 2.63. The Morgan fingerprint density at radius 3 is 2.41 bits per heavy atom. The predicted octanol–water partition coefficient (Wildman–Crippen LogP) is 0.605. The molecule has 17 heavy (non-hydrogen) atoms. The Bertz CT molecular complexity index is 309. The molecule has 2 fully saturated rings. The number of nitrogens with two attached hydrogens (primary N) is 1. The van der Waals surface area contributed by atoms with E-state index < -0.39 is 0 Å². The summed E-state index contributed by atoms with van der Waals surface area (Å²) >= 11 is 4.93. The molecule has 96 valence electrons. The number of nitrogens with zero attached hydrogens (tertiary/aromatic N) is 2. The van der Waals surface area contributed by atoms with E-state index in [2.05, 4.69) is 11.8 Å².